The minimum Gasteiger partial charge on any atom is -0.481 e. The molecule has 8 heteroatoms. The van der Waals surface area contributed by atoms with E-state index in [1.807, 2.05) is 26.0 Å². The lowest BCUT2D eigenvalue weighted by Crippen LogP contribution is -2.38. The number of carbonyl (C=O) groups is 1. The van der Waals surface area contributed by atoms with Crippen molar-refractivity contribution >= 4 is 5.91 Å². The molecule has 0 aromatic carbocycles. The van der Waals surface area contributed by atoms with Gasteiger partial charge in [-0.05, 0) is 33.0 Å². The Balaban J connectivity index is 1.64. The Kier molecular flexibility index (Phi) is 5.51. The maximum atomic E-state index is 12.7. The Morgan fingerprint density at radius 1 is 1.31 bits per heavy atom. The van der Waals surface area contributed by atoms with Gasteiger partial charge in [-0.3, -0.25) is 4.79 Å². The molecule has 140 valence electrons. The topological polar surface area (TPSA) is 76.4 Å². The van der Waals surface area contributed by atoms with Gasteiger partial charge in [0.15, 0.2) is 0 Å². The molecule has 1 saturated heterocycles. The fraction of sp³-hybridized carbons (Fsp3) is 0.556. The highest BCUT2D eigenvalue weighted by Crippen LogP contribution is 2.28. The third-order valence-electron chi connectivity index (χ3n) is 4.79. The number of pyridine rings is 1. The Morgan fingerprint density at radius 2 is 2.04 bits per heavy atom. The number of piperidine rings is 1. The van der Waals surface area contributed by atoms with Crippen LogP contribution in [0.1, 0.15) is 40.8 Å². The van der Waals surface area contributed by atoms with Crippen LogP contribution in [-0.2, 0) is 13.6 Å². The molecule has 0 saturated carbocycles. The van der Waals surface area contributed by atoms with Gasteiger partial charge >= 0.3 is 0 Å². The monoisotopic (exact) mass is 358 g/mol. The molecule has 3 rings (SSSR count). The zero-order valence-electron chi connectivity index (χ0n) is 15.8. The number of carbonyl (C=O) groups excluding carboxylic acids is 1. The van der Waals surface area contributed by atoms with Crippen LogP contribution < -0.4 is 4.74 Å². The van der Waals surface area contributed by atoms with Gasteiger partial charge in [0, 0.05) is 43.9 Å². The van der Waals surface area contributed by atoms with Crippen molar-refractivity contribution < 1.29 is 9.53 Å². The van der Waals surface area contributed by atoms with Gasteiger partial charge in [-0.2, -0.15) is 0 Å². The van der Waals surface area contributed by atoms with Crippen molar-refractivity contribution in [3.8, 4) is 5.88 Å². The van der Waals surface area contributed by atoms with Crippen molar-refractivity contribution in [2.45, 2.75) is 25.3 Å². The van der Waals surface area contributed by atoms with E-state index in [1.165, 1.54) is 0 Å². The average molecular weight is 358 g/mol. The van der Waals surface area contributed by atoms with E-state index in [1.54, 1.807) is 25.4 Å². The van der Waals surface area contributed by atoms with Gasteiger partial charge in [-0.25, -0.2) is 4.98 Å². The minimum atomic E-state index is 0.0235. The van der Waals surface area contributed by atoms with E-state index in [0.29, 0.717) is 30.5 Å². The van der Waals surface area contributed by atoms with Crippen molar-refractivity contribution in [2.24, 2.45) is 7.05 Å². The molecule has 26 heavy (non-hydrogen) atoms. The Morgan fingerprint density at radius 3 is 2.69 bits per heavy atom. The summed E-state index contributed by atoms with van der Waals surface area (Å²) in [6.07, 6.45) is 3.38. The molecular formula is C18H26N6O2. The Bertz CT molecular complexity index is 765. The van der Waals surface area contributed by atoms with Crippen LogP contribution in [0.3, 0.4) is 0 Å². The first-order valence-electron chi connectivity index (χ1n) is 8.81. The molecular weight excluding hydrogens is 332 g/mol. The smallest absolute Gasteiger partial charge is 0.254 e. The number of methoxy groups -OCH3 is 1. The maximum absolute atomic E-state index is 12.7. The van der Waals surface area contributed by atoms with Crippen LogP contribution in [-0.4, -0.2) is 69.8 Å². The van der Waals surface area contributed by atoms with Crippen LogP contribution in [0.4, 0.5) is 0 Å². The largest absolute Gasteiger partial charge is 0.481 e. The summed E-state index contributed by atoms with van der Waals surface area (Å²) in [6.45, 7) is 2.19. The van der Waals surface area contributed by atoms with E-state index >= 15 is 0 Å². The molecule has 3 heterocycles. The van der Waals surface area contributed by atoms with Crippen LogP contribution >= 0.6 is 0 Å². The maximum Gasteiger partial charge on any atom is 0.254 e. The van der Waals surface area contributed by atoms with Crippen LogP contribution in [0.15, 0.2) is 18.3 Å². The molecule has 0 unspecified atom stereocenters. The fourth-order valence-electron chi connectivity index (χ4n) is 3.33. The number of rotatable bonds is 5. The van der Waals surface area contributed by atoms with E-state index in [2.05, 4.69) is 24.6 Å². The van der Waals surface area contributed by atoms with Crippen LogP contribution in [0.2, 0.25) is 0 Å². The summed E-state index contributed by atoms with van der Waals surface area (Å²) in [6, 6.07) is 3.41. The van der Waals surface area contributed by atoms with Gasteiger partial charge < -0.3 is 19.1 Å². The molecule has 1 aliphatic heterocycles. The third-order valence-corrected chi connectivity index (χ3v) is 4.79. The van der Waals surface area contributed by atoms with Gasteiger partial charge in [-0.15, -0.1) is 10.2 Å². The third kappa shape index (κ3) is 3.85. The quantitative estimate of drug-likeness (QED) is 0.802. The lowest BCUT2D eigenvalue weighted by Gasteiger charge is -2.31. The van der Waals surface area contributed by atoms with E-state index in [-0.39, 0.29) is 5.91 Å². The lowest BCUT2D eigenvalue weighted by molar-refractivity contribution is 0.0710. The molecule has 0 spiro atoms. The molecule has 0 atom stereocenters. The van der Waals surface area contributed by atoms with Crippen LogP contribution in [0.5, 0.6) is 5.88 Å². The summed E-state index contributed by atoms with van der Waals surface area (Å²) in [4.78, 5) is 20.7. The number of likely N-dealkylation sites (tertiary alicyclic amines) is 1. The first-order valence-corrected chi connectivity index (χ1v) is 8.81. The first-order chi connectivity index (χ1) is 12.5. The van der Waals surface area contributed by atoms with Crippen molar-refractivity contribution in [1.29, 1.82) is 0 Å². The highest BCUT2D eigenvalue weighted by atomic mass is 16.5. The molecule has 1 aliphatic rings. The number of hydrogen-bond acceptors (Lipinski definition) is 6. The zero-order chi connectivity index (χ0) is 18.7. The van der Waals surface area contributed by atoms with Crippen molar-refractivity contribution in [2.75, 3.05) is 34.3 Å². The van der Waals surface area contributed by atoms with E-state index in [9.17, 15) is 4.79 Å². The highest BCUT2D eigenvalue weighted by Gasteiger charge is 2.28. The summed E-state index contributed by atoms with van der Waals surface area (Å²) >= 11 is 0. The number of ether oxygens (including phenoxy) is 1. The van der Waals surface area contributed by atoms with E-state index in [0.717, 1.165) is 31.0 Å². The molecule has 8 nitrogen and oxygen atoms in total. The Hall–Kier alpha value is -2.48. The second-order valence-electron chi connectivity index (χ2n) is 6.92. The number of amides is 1. The van der Waals surface area contributed by atoms with Gasteiger partial charge in [0.05, 0.1) is 13.7 Å². The Labute approximate surface area is 153 Å². The summed E-state index contributed by atoms with van der Waals surface area (Å²) in [7, 11) is 7.61. The molecule has 0 N–H and O–H groups in total. The molecule has 2 aromatic rings. The standard InChI is InChI=1S/C18H26N6O2/c1-22(2)12-15-20-21-17(23(15)3)13-6-9-24(10-7-13)18(25)14-5-8-19-16(11-14)26-4/h5,8,11,13H,6-7,9-10,12H2,1-4H3. The first kappa shape index (κ1) is 18.3. The fourth-order valence-corrected chi connectivity index (χ4v) is 3.33. The number of nitrogens with zero attached hydrogens (tertiary/aromatic N) is 6. The molecule has 0 bridgehead atoms. The van der Waals surface area contributed by atoms with Crippen molar-refractivity contribution in [1.82, 2.24) is 29.5 Å². The molecule has 1 fully saturated rings. The van der Waals surface area contributed by atoms with E-state index < -0.39 is 0 Å². The summed E-state index contributed by atoms with van der Waals surface area (Å²) < 4.78 is 7.20. The SMILES string of the molecule is COc1cc(C(=O)N2CCC(c3nnc(CN(C)C)n3C)CC2)ccn1. The normalized spacial score (nSPS) is 15.5. The molecule has 2 aromatic heterocycles. The van der Waals surface area contributed by atoms with Crippen molar-refractivity contribution in [3.05, 3.63) is 35.5 Å². The summed E-state index contributed by atoms with van der Waals surface area (Å²) in [5.74, 6) is 2.79. The second-order valence-corrected chi connectivity index (χ2v) is 6.92. The minimum absolute atomic E-state index is 0.0235. The van der Waals surface area contributed by atoms with Crippen LogP contribution in [0.25, 0.3) is 0 Å². The predicted octanol–water partition coefficient (Wildman–Crippen LogP) is 1.30. The van der Waals surface area contributed by atoms with Gasteiger partial charge in [0.25, 0.3) is 5.91 Å². The number of aromatic nitrogens is 4. The van der Waals surface area contributed by atoms with Gasteiger partial charge in [0.2, 0.25) is 5.88 Å². The van der Waals surface area contributed by atoms with E-state index in [4.69, 9.17) is 4.74 Å². The van der Waals surface area contributed by atoms with Crippen molar-refractivity contribution in [3.63, 3.8) is 0 Å². The van der Waals surface area contributed by atoms with Gasteiger partial charge in [-0.1, -0.05) is 0 Å². The van der Waals surface area contributed by atoms with Gasteiger partial charge in [0.1, 0.15) is 11.6 Å². The number of hydrogen-bond donors (Lipinski definition) is 0. The predicted molar refractivity (Wildman–Crippen MR) is 97.1 cm³/mol. The summed E-state index contributed by atoms with van der Waals surface area (Å²) in [5.41, 5.74) is 0.613. The highest BCUT2D eigenvalue weighted by molar-refractivity contribution is 5.94. The summed E-state index contributed by atoms with van der Waals surface area (Å²) in [5, 5.41) is 8.72. The zero-order valence-corrected chi connectivity index (χ0v) is 15.8. The second kappa shape index (κ2) is 7.82. The van der Waals surface area contributed by atoms with Crippen LogP contribution in [0, 0.1) is 0 Å². The molecule has 0 radical (unpaired) electrons. The molecule has 1 amide bonds. The lowest BCUT2D eigenvalue weighted by atomic mass is 9.95. The molecule has 0 aliphatic carbocycles. The average Bonchev–Trinajstić information content (AvgIpc) is 3.01.